The number of benzene rings is 1. The molecule has 0 aliphatic rings. The lowest BCUT2D eigenvalue weighted by Crippen LogP contribution is -2.32. The zero-order valence-electron chi connectivity index (χ0n) is 19.3. The first-order valence-corrected chi connectivity index (χ1v) is 11.9. The number of aromatic nitrogens is 4. The standard InChI is InChI=1S/C20H26N8O5S/c1-26(2)19(30)16-13(25-34(5,32)33)17(27(3)23-16)22-14-15(20(31)28(4)24-18(14)29)21-11-12-9-7-6-8-10-12/h6-10,21-22,25H,11H2,1-5H3,(H,24,29). The topological polar surface area (TPSA) is 163 Å². The summed E-state index contributed by atoms with van der Waals surface area (Å²) in [7, 11) is 2.03. The molecule has 13 nitrogen and oxygen atoms in total. The van der Waals surface area contributed by atoms with Crippen LogP contribution in [0.5, 0.6) is 0 Å². The van der Waals surface area contributed by atoms with Crippen molar-refractivity contribution in [3.8, 4) is 0 Å². The van der Waals surface area contributed by atoms with E-state index in [4.69, 9.17) is 0 Å². The van der Waals surface area contributed by atoms with E-state index >= 15 is 0 Å². The lowest BCUT2D eigenvalue weighted by molar-refractivity contribution is 0.0822. The van der Waals surface area contributed by atoms with Crippen LogP contribution in [0, 0.1) is 0 Å². The van der Waals surface area contributed by atoms with Crippen molar-refractivity contribution in [1.29, 1.82) is 0 Å². The van der Waals surface area contributed by atoms with Gasteiger partial charge in [-0.3, -0.25) is 28.9 Å². The second-order valence-electron chi connectivity index (χ2n) is 7.79. The predicted octanol–water partition coefficient (Wildman–Crippen LogP) is 0.236. The van der Waals surface area contributed by atoms with Gasteiger partial charge in [0, 0.05) is 34.7 Å². The molecule has 2 aromatic heterocycles. The molecular formula is C20H26N8O5S. The van der Waals surface area contributed by atoms with Gasteiger partial charge in [-0.1, -0.05) is 30.3 Å². The Labute approximate surface area is 195 Å². The summed E-state index contributed by atoms with van der Waals surface area (Å²) in [6.45, 7) is 0.248. The Kier molecular flexibility index (Phi) is 6.81. The summed E-state index contributed by atoms with van der Waals surface area (Å²) in [6, 6.07) is 9.24. The van der Waals surface area contributed by atoms with Crippen LogP contribution >= 0.6 is 0 Å². The summed E-state index contributed by atoms with van der Waals surface area (Å²) >= 11 is 0. The van der Waals surface area contributed by atoms with E-state index in [2.05, 4.69) is 25.6 Å². The summed E-state index contributed by atoms with van der Waals surface area (Å²) in [6.07, 6.45) is 0.922. The van der Waals surface area contributed by atoms with Crippen LogP contribution in [0.15, 0.2) is 39.9 Å². The molecular weight excluding hydrogens is 464 g/mol. The van der Waals surface area contributed by atoms with E-state index < -0.39 is 27.0 Å². The fraction of sp³-hybridized carbons (Fsp3) is 0.300. The van der Waals surface area contributed by atoms with Crippen LogP contribution in [0.25, 0.3) is 0 Å². The fourth-order valence-corrected chi connectivity index (χ4v) is 3.71. The van der Waals surface area contributed by atoms with Crippen molar-refractivity contribution < 1.29 is 13.2 Å². The molecule has 1 amide bonds. The molecule has 0 saturated carbocycles. The molecule has 4 N–H and O–H groups in total. The third kappa shape index (κ3) is 5.28. The van der Waals surface area contributed by atoms with E-state index in [-0.39, 0.29) is 35.1 Å². The molecule has 0 spiro atoms. The molecule has 0 bridgehead atoms. The van der Waals surface area contributed by atoms with E-state index in [9.17, 15) is 22.8 Å². The SMILES string of the molecule is CN(C)C(=O)c1nn(C)c(Nc2c(NCc3ccccc3)c(=O)n(C)[nH]c2=O)c1NS(C)(=O)=O. The van der Waals surface area contributed by atoms with Crippen LogP contribution in [-0.2, 0) is 30.7 Å². The summed E-state index contributed by atoms with van der Waals surface area (Å²) in [5, 5.41) is 12.3. The highest BCUT2D eigenvalue weighted by Crippen LogP contribution is 2.31. The molecule has 0 aliphatic heterocycles. The lowest BCUT2D eigenvalue weighted by atomic mass is 10.2. The first kappa shape index (κ1) is 24.6. The summed E-state index contributed by atoms with van der Waals surface area (Å²) in [5.41, 5.74) is -0.844. The molecule has 1 aromatic carbocycles. The maximum absolute atomic E-state index is 12.9. The Morgan fingerprint density at radius 2 is 1.74 bits per heavy atom. The van der Waals surface area contributed by atoms with Crippen LogP contribution in [-0.4, -0.2) is 59.1 Å². The largest absolute Gasteiger partial charge is 0.375 e. The summed E-state index contributed by atoms with van der Waals surface area (Å²) in [4.78, 5) is 39.5. The number of H-pyrrole nitrogens is 1. The van der Waals surface area contributed by atoms with Crippen molar-refractivity contribution in [2.75, 3.05) is 35.7 Å². The van der Waals surface area contributed by atoms with Crippen LogP contribution in [0.4, 0.5) is 22.9 Å². The zero-order valence-corrected chi connectivity index (χ0v) is 20.1. The second kappa shape index (κ2) is 9.43. The maximum Gasteiger partial charge on any atom is 0.290 e. The van der Waals surface area contributed by atoms with Gasteiger partial charge in [-0.05, 0) is 5.56 Å². The molecule has 3 aromatic rings. The van der Waals surface area contributed by atoms with Gasteiger partial charge in [-0.15, -0.1) is 0 Å². The van der Waals surface area contributed by atoms with Gasteiger partial charge in [0.1, 0.15) is 17.1 Å². The minimum absolute atomic E-state index is 0.00265. The number of carbonyl (C=O) groups is 1. The quantitative estimate of drug-likeness (QED) is 0.349. The molecule has 0 unspecified atom stereocenters. The predicted molar refractivity (Wildman–Crippen MR) is 129 cm³/mol. The van der Waals surface area contributed by atoms with Crippen LogP contribution in [0.1, 0.15) is 16.1 Å². The Morgan fingerprint density at radius 3 is 2.32 bits per heavy atom. The van der Waals surface area contributed by atoms with Gasteiger partial charge in [0.2, 0.25) is 10.0 Å². The van der Waals surface area contributed by atoms with Gasteiger partial charge in [0.15, 0.2) is 11.5 Å². The molecule has 0 fully saturated rings. The number of hydrogen-bond donors (Lipinski definition) is 4. The maximum atomic E-state index is 12.9. The van der Waals surface area contributed by atoms with Gasteiger partial charge in [0.05, 0.1) is 6.26 Å². The van der Waals surface area contributed by atoms with Crippen molar-refractivity contribution in [2.45, 2.75) is 6.54 Å². The minimum atomic E-state index is -3.82. The highest BCUT2D eigenvalue weighted by molar-refractivity contribution is 7.92. The van der Waals surface area contributed by atoms with Crippen LogP contribution < -0.4 is 26.5 Å². The summed E-state index contributed by atoms with van der Waals surface area (Å²) in [5.74, 6) is -0.563. The number of sulfonamides is 1. The molecule has 0 atom stereocenters. The van der Waals surface area contributed by atoms with Gasteiger partial charge in [-0.2, -0.15) is 5.10 Å². The minimum Gasteiger partial charge on any atom is -0.375 e. The first-order valence-electron chi connectivity index (χ1n) is 10.0. The number of rotatable bonds is 8. The van der Waals surface area contributed by atoms with Crippen molar-refractivity contribution in [2.24, 2.45) is 14.1 Å². The van der Waals surface area contributed by atoms with Crippen molar-refractivity contribution in [3.05, 3.63) is 62.3 Å². The van der Waals surface area contributed by atoms with E-state index in [1.165, 1.54) is 37.8 Å². The average molecular weight is 491 g/mol. The number of amides is 1. The highest BCUT2D eigenvalue weighted by Gasteiger charge is 2.27. The van der Waals surface area contributed by atoms with Crippen LogP contribution in [0.2, 0.25) is 0 Å². The average Bonchev–Trinajstić information content (AvgIpc) is 3.05. The van der Waals surface area contributed by atoms with Gasteiger partial charge in [0.25, 0.3) is 17.0 Å². The lowest BCUT2D eigenvalue weighted by Gasteiger charge is -2.15. The fourth-order valence-electron chi connectivity index (χ4n) is 3.15. The van der Waals surface area contributed by atoms with E-state index in [0.717, 1.165) is 16.5 Å². The Bertz CT molecular complexity index is 1440. The van der Waals surface area contributed by atoms with Crippen molar-refractivity contribution >= 4 is 38.8 Å². The van der Waals surface area contributed by atoms with E-state index in [1.807, 2.05) is 30.3 Å². The molecule has 0 radical (unpaired) electrons. The number of hydrogen-bond acceptors (Lipinski definition) is 8. The molecule has 0 saturated heterocycles. The molecule has 182 valence electrons. The molecule has 2 heterocycles. The number of aromatic amines is 1. The molecule has 34 heavy (non-hydrogen) atoms. The van der Waals surface area contributed by atoms with E-state index in [1.54, 1.807) is 0 Å². The number of anilines is 4. The first-order chi connectivity index (χ1) is 15.9. The van der Waals surface area contributed by atoms with Gasteiger partial charge >= 0.3 is 0 Å². The number of nitrogens with one attached hydrogen (secondary N) is 4. The monoisotopic (exact) mass is 490 g/mol. The van der Waals surface area contributed by atoms with Crippen molar-refractivity contribution in [1.82, 2.24) is 24.5 Å². The smallest absolute Gasteiger partial charge is 0.290 e. The normalized spacial score (nSPS) is 11.2. The Balaban J connectivity index is 2.13. The Hall–Kier alpha value is -4.07. The van der Waals surface area contributed by atoms with E-state index in [0.29, 0.717) is 0 Å². The molecule has 3 rings (SSSR count). The van der Waals surface area contributed by atoms with Gasteiger partial charge in [-0.25, -0.2) is 13.1 Å². The van der Waals surface area contributed by atoms with Crippen molar-refractivity contribution in [3.63, 3.8) is 0 Å². The van der Waals surface area contributed by atoms with Gasteiger partial charge < -0.3 is 15.5 Å². The third-order valence-corrected chi connectivity index (χ3v) is 5.34. The number of aryl methyl sites for hydroxylation is 2. The number of carbonyl (C=O) groups excluding carboxylic acids is 1. The number of nitrogens with zero attached hydrogens (tertiary/aromatic N) is 4. The third-order valence-electron chi connectivity index (χ3n) is 4.76. The zero-order chi connectivity index (χ0) is 25.2. The molecule has 14 heteroatoms. The summed E-state index contributed by atoms with van der Waals surface area (Å²) < 4.78 is 28.6. The molecule has 0 aliphatic carbocycles. The van der Waals surface area contributed by atoms with Crippen LogP contribution in [0.3, 0.4) is 0 Å². The highest BCUT2D eigenvalue weighted by atomic mass is 32.2. The Morgan fingerprint density at radius 1 is 1.09 bits per heavy atom. The second-order valence-corrected chi connectivity index (χ2v) is 9.54.